The summed E-state index contributed by atoms with van der Waals surface area (Å²) in [5.74, 6) is 0.501. The SMILES string of the molecule is CNCC(CCO[Si](C(C)C)(C(C)C)C(C)C)c1ccc(Br)cc1. The van der Waals surface area contributed by atoms with Gasteiger partial charge in [-0.15, -0.1) is 0 Å². The Morgan fingerprint density at radius 3 is 1.88 bits per heavy atom. The lowest BCUT2D eigenvalue weighted by atomic mass is 9.96. The number of halogens is 1. The molecule has 1 aromatic rings. The van der Waals surface area contributed by atoms with Crippen LogP contribution in [-0.4, -0.2) is 28.5 Å². The van der Waals surface area contributed by atoms with Gasteiger partial charge in [0.1, 0.15) is 0 Å². The second-order valence-corrected chi connectivity index (χ2v) is 14.1. The molecule has 138 valence electrons. The highest BCUT2D eigenvalue weighted by Gasteiger charge is 2.44. The van der Waals surface area contributed by atoms with E-state index in [0.717, 1.165) is 24.0 Å². The van der Waals surface area contributed by atoms with Crippen molar-refractivity contribution in [3.63, 3.8) is 0 Å². The first-order chi connectivity index (χ1) is 11.3. The van der Waals surface area contributed by atoms with Crippen molar-refractivity contribution in [3.05, 3.63) is 34.3 Å². The second-order valence-electron chi connectivity index (χ2n) is 7.76. The number of likely N-dealkylation sites (N-methyl/N-ethyl adjacent to an activating group) is 1. The van der Waals surface area contributed by atoms with Crippen LogP contribution in [-0.2, 0) is 4.43 Å². The van der Waals surface area contributed by atoms with Gasteiger partial charge in [0.15, 0.2) is 8.32 Å². The van der Waals surface area contributed by atoms with Gasteiger partial charge in [-0.2, -0.15) is 0 Å². The Balaban J connectivity index is 2.80. The molecular formula is C20H36BrNOSi. The minimum absolute atomic E-state index is 0.501. The fourth-order valence-corrected chi connectivity index (χ4v) is 9.98. The first kappa shape index (κ1) is 21.9. The Bertz CT molecular complexity index is 451. The van der Waals surface area contributed by atoms with Gasteiger partial charge in [0.05, 0.1) is 0 Å². The Morgan fingerprint density at radius 2 is 1.46 bits per heavy atom. The molecule has 0 aromatic heterocycles. The van der Waals surface area contributed by atoms with Crippen molar-refractivity contribution < 1.29 is 4.43 Å². The zero-order valence-corrected chi connectivity index (χ0v) is 19.1. The Kier molecular flexibility index (Phi) is 9.21. The average molecular weight is 415 g/mol. The molecule has 1 aromatic carbocycles. The largest absolute Gasteiger partial charge is 0.416 e. The van der Waals surface area contributed by atoms with Crippen LogP contribution in [0.1, 0.15) is 59.4 Å². The van der Waals surface area contributed by atoms with Crippen molar-refractivity contribution in [2.75, 3.05) is 20.2 Å². The van der Waals surface area contributed by atoms with E-state index in [1.165, 1.54) is 5.56 Å². The molecule has 1 rings (SSSR count). The van der Waals surface area contributed by atoms with Gasteiger partial charge in [0.2, 0.25) is 0 Å². The molecule has 0 spiro atoms. The van der Waals surface area contributed by atoms with E-state index in [0.29, 0.717) is 22.5 Å². The van der Waals surface area contributed by atoms with Crippen LogP contribution in [0.3, 0.4) is 0 Å². The van der Waals surface area contributed by atoms with Gasteiger partial charge in [-0.25, -0.2) is 0 Å². The van der Waals surface area contributed by atoms with E-state index in [-0.39, 0.29) is 0 Å². The summed E-state index contributed by atoms with van der Waals surface area (Å²) in [7, 11) is 0.275. The summed E-state index contributed by atoms with van der Waals surface area (Å²) in [6.45, 7) is 16.0. The smallest absolute Gasteiger partial charge is 0.200 e. The molecule has 0 saturated heterocycles. The predicted molar refractivity (Wildman–Crippen MR) is 112 cm³/mol. The third-order valence-electron chi connectivity index (χ3n) is 5.32. The van der Waals surface area contributed by atoms with Gasteiger partial charge < -0.3 is 9.74 Å². The minimum atomic E-state index is -1.76. The summed E-state index contributed by atoms with van der Waals surface area (Å²) >= 11 is 3.53. The molecule has 0 saturated carbocycles. The van der Waals surface area contributed by atoms with E-state index in [2.05, 4.69) is 87.1 Å². The molecule has 0 aliphatic rings. The fraction of sp³-hybridized carbons (Fsp3) is 0.700. The summed E-state index contributed by atoms with van der Waals surface area (Å²) in [5, 5.41) is 3.34. The third kappa shape index (κ3) is 5.42. The molecule has 0 aliphatic carbocycles. The second kappa shape index (κ2) is 10.1. The van der Waals surface area contributed by atoms with Crippen molar-refractivity contribution in [1.82, 2.24) is 5.32 Å². The van der Waals surface area contributed by atoms with E-state index < -0.39 is 8.32 Å². The van der Waals surface area contributed by atoms with Gasteiger partial charge in [-0.05, 0) is 53.7 Å². The summed E-state index contributed by atoms with van der Waals surface area (Å²) < 4.78 is 7.87. The molecule has 0 bridgehead atoms. The quantitative estimate of drug-likeness (QED) is 0.452. The summed E-state index contributed by atoms with van der Waals surface area (Å²) in [4.78, 5) is 0. The van der Waals surface area contributed by atoms with Crippen LogP contribution >= 0.6 is 15.9 Å². The van der Waals surface area contributed by atoms with Crippen LogP contribution in [0, 0.1) is 0 Å². The van der Waals surface area contributed by atoms with Crippen molar-refractivity contribution in [3.8, 4) is 0 Å². The van der Waals surface area contributed by atoms with Crippen LogP contribution in [0.5, 0.6) is 0 Å². The molecule has 0 radical (unpaired) electrons. The molecule has 0 fully saturated rings. The molecule has 2 nitrogen and oxygen atoms in total. The molecule has 0 amide bonds. The van der Waals surface area contributed by atoms with E-state index in [9.17, 15) is 0 Å². The maximum Gasteiger partial charge on any atom is 0.200 e. The van der Waals surface area contributed by atoms with E-state index in [1.54, 1.807) is 0 Å². The minimum Gasteiger partial charge on any atom is -0.416 e. The maximum atomic E-state index is 6.74. The van der Waals surface area contributed by atoms with Crippen LogP contribution in [0.4, 0.5) is 0 Å². The first-order valence-corrected chi connectivity index (χ1v) is 12.2. The lowest BCUT2D eigenvalue weighted by Crippen LogP contribution is -2.48. The zero-order chi connectivity index (χ0) is 18.3. The molecule has 1 atom stereocenters. The van der Waals surface area contributed by atoms with Gasteiger partial charge in [0, 0.05) is 17.6 Å². The number of rotatable bonds is 10. The van der Waals surface area contributed by atoms with Gasteiger partial charge >= 0.3 is 0 Å². The lowest BCUT2D eigenvalue weighted by Gasteiger charge is -2.42. The standard InChI is InChI=1S/C20H36BrNOSi/c1-15(2)24(16(3)4,17(5)6)23-13-12-19(14-22-7)18-8-10-20(21)11-9-18/h8-11,15-17,19,22H,12-14H2,1-7H3. The summed E-state index contributed by atoms with van der Waals surface area (Å²) in [6, 6.07) is 8.72. The normalized spacial score (nSPS) is 14.0. The number of benzene rings is 1. The van der Waals surface area contributed by atoms with E-state index >= 15 is 0 Å². The van der Waals surface area contributed by atoms with E-state index in [4.69, 9.17) is 4.43 Å². The Morgan fingerprint density at radius 1 is 0.958 bits per heavy atom. The fourth-order valence-electron chi connectivity index (χ4n) is 4.25. The molecule has 0 heterocycles. The highest BCUT2D eigenvalue weighted by Crippen LogP contribution is 2.42. The molecule has 1 unspecified atom stereocenters. The topological polar surface area (TPSA) is 21.3 Å². The Hall–Kier alpha value is -0.163. The molecule has 24 heavy (non-hydrogen) atoms. The maximum absolute atomic E-state index is 6.74. The van der Waals surface area contributed by atoms with Gasteiger partial charge in [-0.3, -0.25) is 0 Å². The average Bonchev–Trinajstić information content (AvgIpc) is 2.50. The van der Waals surface area contributed by atoms with E-state index in [1.807, 2.05) is 7.05 Å². The number of hydrogen-bond acceptors (Lipinski definition) is 2. The Labute approximate surface area is 159 Å². The summed E-state index contributed by atoms with van der Waals surface area (Å²) in [5.41, 5.74) is 3.33. The van der Waals surface area contributed by atoms with Gasteiger partial charge in [-0.1, -0.05) is 69.6 Å². The summed E-state index contributed by atoms with van der Waals surface area (Å²) in [6.07, 6.45) is 1.07. The highest BCUT2D eigenvalue weighted by atomic mass is 79.9. The van der Waals surface area contributed by atoms with Gasteiger partial charge in [0.25, 0.3) is 0 Å². The van der Waals surface area contributed by atoms with Crippen LogP contribution < -0.4 is 5.32 Å². The van der Waals surface area contributed by atoms with Crippen molar-refractivity contribution in [2.45, 2.75) is 70.5 Å². The predicted octanol–water partition coefficient (Wildman–Crippen LogP) is 6.33. The van der Waals surface area contributed by atoms with Crippen molar-refractivity contribution >= 4 is 24.2 Å². The van der Waals surface area contributed by atoms with Crippen LogP contribution in [0.25, 0.3) is 0 Å². The molecule has 4 heteroatoms. The molecule has 0 aliphatic heterocycles. The van der Waals surface area contributed by atoms with Crippen LogP contribution in [0.2, 0.25) is 16.6 Å². The number of hydrogen-bond donors (Lipinski definition) is 1. The van der Waals surface area contributed by atoms with Crippen molar-refractivity contribution in [1.29, 1.82) is 0 Å². The lowest BCUT2D eigenvalue weighted by molar-refractivity contribution is 0.261. The zero-order valence-electron chi connectivity index (χ0n) is 16.5. The number of nitrogens with one attached hydrogen (secondary N) is 1. The van der Waals surface area contributed by atoms with Crippen molar-refractivity contribution in [2.24, 2.45) is 0 Å². The molecule has 1 N–H and O–H groups in total. The first-order valence-electron chi connectivity index (χ1n) is 9.29. The van der Waals surface area contributed by atoms with Crippen LogP contribution in [0.15, 0.2) is 28.7 Å². The highest BCUT2D eigenvalue weighted by molar-refractivity contribution is 9.10. The third-order valence-corrected chi connectivity index (χ3v) is 12.0. The molecular weight excluding hydrogens is 378 g/mol. The monoisotopic (exact) mass is 413 g/mol.